The van der Waals surface area contributed by atoms with Crippen LogP contribution in [0.25, 0.3) is 10.8 Å². The van der Waals surface area contributed by atoms with Gasteiger partial charge in [0.05, 0.1) is 17.7 Å². The maximum absolute atomic E-state index is 12.9. The van der Waals surface area contributed by atoms with Crippen molar-refractivity contribution < 1.29 is 9.59 Å². The van der Waals surface area contributed by atoms with Gasteiger partial charge in [-0.3, -0.25) is 9.59 Å². The Labute approximate surface area is 152 Å². The molecule has 1 heterocycles. The number of benzene rings is 2. The highest BCUT2D eigenvalue weighted by molar-refractivity contribution is 8.00. The fourth-order valence-electron chi connectivity index (χ4n) is 3.50. The molecule has 1 saturated carbocycles. The molecule has 25 heavy (non-hydrogen) atoms. The first-order valence-electron chi connectivity index (χ1n) is 8.79. The number of carbonyl (C=O) groups is 2. The summed E-state index contributed by atoms with van der Waals surface area (Å²) in [6.45, 7) is 2.31. The molecule has 2 aromatic carbocycles. The third-order valence-electron chi connectivity index (χ3n) is 5.05. The molecular weight excluding hydrogens is 332 g/mol. The Morgan fingerprint density at radius 3 is 2.68 bits per heavy atom. The van der Waals surface area contributed by atoms with Crippen molar-refractivity contribution >= 4 is 34.3 Å². The van der Waals surface area contributed by atoms with E-state index in [4.69, 9.17) is 0 Å². The van der Waals surface area contributed by atoms with Gasteiger partial charge in [-0.05, 0) is 42.2 Å². The first-order valence-corrected chi connectivity index (χ1v) is 9.94. The molecule has 2 fully saturated rings. The molecule has 5 heteroatoms. The van der Waals surface area contributed by atoms with E-state index in [2.05, 4.69) is 37.3 Å². The summed E-state index contributed by atoms with van der Waals surface area (Å²) in [5, 5.41) is 2.41. The number of hydrogen-bond donors (Lipinski definition) is 0. The number of fused-ring (bicyclic) bond motifs is 1. The minimum Gasteiger partial charge on any atom is -0.331 e. The summed E-state index contributed by atoms with van der Waals surface area (Å²) >= 11 is 1.58. The summed E-state index contributed by atoms with van der Waals surface area (Å²) in [6, 6.07) is 15.0. The average Bonchev–Trinajstić information content (AvgIpc) is 3.37. The maximum atomic E-state index is 12.9. The molecule has 1 aliphatic heterocycles. The number of hydrogen-bond acceptors (Lipinski definition) is 3. The molecule has 1 saturated heterocycles. The highest BCUT2D eigenvalue weighted by atomic mass is 32.2. The summed E-state index contributed by atoms with van der Waals surface area (Å²) in [5.74, 6) is 1.27. The zero-order chi connectivity index (χ0) is 17.4. The number of carbonyl (C=O) groups excluding carboxylic acids is 2. The fourth-order valence-corrected chi connectivity index (χ4v) is 4.41. The van der Waals surface area contributed by atoms with E-state index in [9.17, 15) is 9.59 Å². The van der Waals surface area contributed by atoms with Gasteiger partial charge in [-0.25, -0.2) is 0 Å². The van der Waals surface area contributed by atoms with Crippen LogP contribution in [0, 0.1) is 0 Å². The molecule has 2 aromatic rings. The largest absolute Gasteiger partial charge is 0.331 e. The van der Waals surface area contributed by atoms with E-state index in [1.165, 1.54) is 10.8 Å². The van der Waals surface area contributed by atoms with E-state index in [0.717, 1.165) is 18.4 Å². The summed E-state index contributed by atoms with van der Waals surface area (Å²) in [4.78, 5) is 28.4. The van der Waals surface area contributed by atoms with Crippen molar-refractivity contribution in [1.82, 2.24) is 9.80 Å². The molecule has 0 bridgehead atoms. The second-order valence-corrected chi connectivity index (χ2v) is 7.84. The van der Waals surface area contributed by atoms with Gasteiger partial charge >= 0.3 is 0 Å². The van der Waals surface area contributed by atoms with Crippen molar-refractivity contribution in [2.75, 3.05) is 18.2 Å². The first kappa shape index (κ1) is 16.5. The van der Waals surface area contributed by atoms with Gasteiger partial charge in [0.1, 0.15) is 6.54 Å². The van der Waals surface area contributed by atoms with Gasteiger partial charge in [0.15, 0.2) is 0 Å². The average molecular weight is 354 g/mol. The van der Waals surface area contributed by atoms with Crippen molar-refractivity contribution in [1.29, 1.82) is 0 Å². The SMILES string of the molecule is CC(c1ccc2ccccc2c1)N(C(=O)CN1CSCC1=O)C1CC1. The molecule has 0 N–H and O–H groups in total. The molecule has 4 nitrogen and oxygen atoms in total. The molecule has 1 atom stereocenters. The van der Waals surface area contributed by atoms with Crippen molar-refractivity contribution in [3.63, 3.8) is 0 Å². The van der Waals surface area contributed by atoms with Crippen LogP contribution in [0.1, 0.15) is 31.4 Å². The number of amides is 2. The van der Waals surface area contributed by atoms with Crippen molar-refractivity contribution in [3.8, 4) is 0 Å². The van der Waals surface area contributed by atoms with Gasteiger partial charge in [-0.15, -0.1) is 11.8 Å². The van der Waals surface area contributed by atoms with E-state index in [1.54, 1.807) is 16.7 Å². The van der Waals surface area contributed by atoms with Gasteiger partial charge in [0, 0.05) is 6.04 Å². The van der Waals surface area contributed by atoms with Crippen LogP contribution < -0.4 is 0 Å². The predicted octanol–water partition coefficient (Wildman–Crippen LogP) is 3.42. The topological polar surface area (TPSA) is 40.6 Å². The van der Waals surface area contributed by atoms with Crippen LogP contribution in [-0.2, 0) is 9.59 Å². The summed E-state index contributed by atoms with van der Waals surface area (Å²) < 4.78 is 0. The Bertz CT molecular complexity index is 818. The molecule has 2 amide bonds. The number of thioether (sulfide) groups is 1. The molecule has 0 radical (unpaired) electrons. The van der Waals surface area contributed by atoms with Crippen LogP contribution >= 0.6 is 11.8 Å². The van der Waals surface area contributed by atoms with Gasteiger partial charge in [-0.1, -0.05) is 36.4 Å². The van der Waals surface area contributed by atoms with Crippen LogP contribution in [-0.4, -0.2) is 45.8 Å². The standard InChI is InChI=1S/C20H22N2O2S/c1-14(16-7-6-15-4-2-3-5-17(15)10-16)22(18-8-9-18)19(23)11-21-13-25-12-20(21)24/h2-7,10,14,18H,8-9,11-13H2,1H3. The molecule has 0 aromatic heterocycles. The molecular formula is C20H22N2O2S. The molecule has 0 spiro atoms. The van der Waals surface area contributed by atoms with E-state index >= 15 is 0 Å². The lowest BCUT2D eigenvalue weighted by Gasteiger charge is -2.31. The van der Waals surface area contributed by atoms with Crippen LogP contribution in [0.4, 0.5) is 0 Å². The van der Waals surface area contributed by atoms with Gasteiger partial charge in [0.25, 0.3) is 0 Å². The summed E-state index contributed by atoms with van der Waals surface area (Å²) in [7, 11) is 0. The minimum absolute atomic E-state index is 0.0231. The first-order chi connectivity index (χ1) is 12.1. The highest BCUT2D eigenvalue weighted by Crippen LogP contribution is 2.35. The summed E-state index contributed by atoms with van der Waals surface area (Å²) in [6.07, 6.45) is 2.12. The maximum Gasteiger partial charge on any atom is 0.242 e. The zero-order valence-electron chi connectivity index (χ0n) is 14.4. The lowest BCUT2D eigenvalue weighted by atomic mass is 10.0. The van der Waals surface area contributed by atoms with Gasteiger partial charge < -0.3 is 9.80 Å². The number of rotatable bonds is 5. The minimum atomic E-state index is 0.0231. The van der Waals surface area contributed by atoms with Crippen LogP contribution in [0.2, 0.25) is 0 Å². The van der Waals surface area contributed by atoms with Crippen LogP contribution in [0.5, 0.6) is 0 Å². The zero-order valence-corrected chi connectivity index (χ0v) is 15.2. The molecule has 130 valence electrons. The normalized spacial score (nSPS) is 18.6. The molecule has 1 aliphatic carbocycles. The number of nitrogens with zero attached hydrogens (tertiary/aromatic N) is 2. The van der Waals surface area contributed by atoms with E-state index in [0.29, 0.717) is 17.7 Å². The summed E-state index contributed by atoms with van der Waals surface area (Å²) in [5.41, 5.74) is 1.15. The van der Waals surface area contributed by atoms with E-state index < -0.39 is 0 Å². The second kappa shape index (κ2) is 6.71. The Hall–Kier alpha value is -2.01. The Morgan fingerprint density at radius 2 is 2.00 bits per heavy atom. The monoisotopic (exact) mass is 354 g/mol. The smallest absolute Gasteiger partial charge is 0.242 e. The van der Waals surface area contributed by atoms with Gasteiger partial charge in [0.2, 0.25) is 11.8 Å². The second-order valence-electron chi connectivity index (χ2n) is 6.88. The molecule has 1 unspecified atom stereocenters. The molecule has 4 rings (SSSR count). The lowest BCUT2D eigenvalue weighted by molar-refractivity contribution is -0.140. The van der Waals surface area contributed by atoms with Crippen molar-refractivity contribution in [3.05, 3.63) is 48.0 Å². The third-order valence-corrected chi connectivity index (χ3v) is 6.00. The quantitative estimate of drug-likeness (QED) is 0.826. The predicted molar refractivity (Wildman–Crippen MR) is 101 cm³/mol. The van der Waals surface area contributed by atoms with Crippen LogP contribution in [0.3, 0.4) is 0 Å². The Morgan fingerprint density at radius 1 is 1.24 bits per heavy atom. The highest BCUT2D eigenvalue weighted by Gasteiger charge is 2.37. The van der Waals surface area contributed by atoms with E-state index in [1.807, 2.05) is 17.0 Å². The molecule has 2 aliphatic rings. The Balaban J connectivity index is 1.56. The van der Waals surface area contributed by atoms with Crippen molar-refractivity contribution in [2.24, 2.45) is 0 Å². The third kappa shape index (κ3) is 3.38. The lowest BCUT2D eigenvalue weighted by Crippen LogP contribution is -2.43. The Kier molecular flexibility index (Phi) is 4.42. The van der Waals surface area contributed by atoms with E-state index in [-0.39, 0.29) is 24.4 Å². The van der Waals surface area contributed by atoms with Gasteiger partial charge in [-0.2, -0.15) is 0 Å². The van der Waals surface area contributed by atoms with Crippen LogP contribution in [0.15, 0.2) is 42.5 Å². The fraction of sp³-hybridized carbons (Fsp3) is 0.400. The van der Waals surface area contributed by atoms with Crippen molar-refractivity contribution in [2.45, 2.75) is 31.8 Å².